The molecule has 6 nitrogen and oxygen atoms in total. The lowest BCUT2D eigenvalue weighted by molar-refractivity contribution is -0.132. The third kappa shape index (κ3) is 6.96. The molecule has 0 saturated carbocycles. The van der Waals surface area contributed by atoms with Gasteiger partial charge in [0.15, 0.2) is 17.5 Å². The molecule has 2 rings (SSSR count). The molecule has 1 saturated heterocycles. The quantitative estimate of drug-likeness (QED) is 0.629. The number of carbonyl (C=O) groups excluding carboxylic acids is 2. The maximum Gasteiger partial charge on any atom is 0.238 e. The summed E-state index contributed by atoms with van der Waals surface area (Å²) in [5.41, 5.74) is -0.410. The number of rotatable bonds is 8. The molecule has 28 heavy (non-hydrogen) atoms. The molecule has 1 aliphatic rings. The Morgan fingerprint density at radius 2 is 1.82 bits per heavy atom. The molecule has 1 aromatic carbocycles. The number of amides is 2. The van der Waals surface area contributed by atoms with Crippen LogP contribution in [0.2, 0.25) is 0 Å². The minimum absolute atomic E-state index is 0. The molecule has 0 aromatic heterocycles. The lowest BCUT2D eigenvalue weighted by atomic mass is 10.2. The van der Waals surface area contributed by atoms with Gasteiger partial charge in [0.05, 0.1) is 12.2 Å². The zero-order chi connectivity index (χ0) is 19.8. The van der Waals surface area contributed by atoms with E-state index < -0.39 is 29.0 Å². The highest BCUT2D eigenvalue weighted by molar-refractivity contribution is 5.92. The summed E-state index contributed by atoms with van der Waals surface area (Å²) in [6.45, 7) is 5.73. The van der Waals surface area contributed by atoms with Crippen LogP contribution in [0.3, 0.4) is 0 Å². The van der Waals surface area contributed by atoms with E-state index in [2.05, 4.69) is 10.6 Å². The van der Waals surface area contributed by atoms with Gasteiger partial charge in [-0.2, -0.15) is 0 Å². The van der Waals surface area contributed by atoms with Crippen molar-refractivity contribution in [1.29, 1.82) is 0 Å². The minimum atomic E-state index is -1.63. The Balaban J connectivity index is 0.00000392. The molecule has 2 N–H and O–H groups in total. The van der Waals surface area contributed by atoms with Gasteiger partial charge in [0.1, 0.15) is 0 Å². The first-order valence-corrected chi connectivity index (χ1v) is 9.06. The molecule has 1 fully saturated rings. The molecule has 0 aliphatic carbocycles. The maximum atomic E-state index is 13.7. The fraction of sp³-hybridized carbons (Fsp3) is 0.556. The summed E-state index contributed by atoms with van der Waals surface area (Å²) in [6.07, 6.45) is 1.06. The van der Waals surface area contributed by atoms with Crippen molar-refractivity contribution in [2.75, 3.05) is 51.1 Å². The topological polar surface area (TPSA) is 64.7 Å². The van der Waals surface area contributed by atoms with Gasteiger partial charge in [-0.15, -0.1) is 12.4 Å². The lowest BCUT2D eigenvalue weighted by Gasteiger charge is -2.28. The molecule has 1 heterocycles. The van der Waals surface area contributed by atoms with Crippen molar-refractivity contribution in [3.8, 4) is 0 Å². The SMILES string of the molecule is CCCN(CCC(=O)N1CCNCC1)CC(=O)Nc1ccc(F)c(F)c1F.Cl. The molecule has 1 aromatic rings. The Morgan fingerprint density at radius 3 is 2.46 bits per heavy atom. The first-order valence-electron chi connectivity index (χ1n) is 9.06. The molecule has 10 heteroatoms. The van der Waals surface area contributed by atoms with Gasteiger partial charge in [-0.05, 0) is 25.1 Å². The minimum Gasteiger partial charge on any atom is -0.340 e. The average Bonchev–Trinajstić information content (AvgIpc) is 2.67. The molecule has 2 amide bonds. The number of anilines is 1. The third-order valence-corrected chi connectivity index (χ3v) is 4.33. The molecular weight excluding hydrogens is 397 g/mol. The van der Waals surface area contributed by atoms with Crippen LogP contribution >= 0.6 is 12.4 Å². The number of benzene rings is 1. The van der Waals surface area contributed by atoms with E-state index in [0.29, 0.717) is 26.2 Å². The van der Waals surface area contributed by atoms with Crippen molar-refractivity contribution in [2.24, 2.45) is 0 Å². The van der Waals surface area contributed by atoms with Crippen LogP contribution in [0.15, 0.2) is 12.1 Å². The van der Waals surface area contributed by atoms with Gasteiger partial charge in [-0.25, -0.2) is 13.2 Å². The predicted octanol–water partition coefficient (Wildman–Crippen LogP) is 2.00. The molecule has 0 bridgehead atoms. The first kappa shape index (κ1) is 24.2. The number of carbonyl (C=O) groups is 2. The number of hydrogen-bond donors (Lipinski definition) is 2. The van der Waals surface area contributed by atoms with Crippen molar-refractivity contribution in [3.05, 3.63) is 29.6 Å². The van der Waals surface area contributed by atoms with Crippen LogP contribution in [0.5, 0.6) is 0 Å². The Morgan fingerprint density at radius 1 is 1.14 bits per heavy atom. The summed E-state index contributed by atoms with van der Waals surface area (Å²) in [5.74, 6) is -4.89. The largest absolute Gasteiger partial charge is 0.340 e. The van der Waals surface area contributed by atoms with Gasteiger partial charge in [0.25, 0.3) is 0 Å². The monoisotopic (exact) mass is 422 g/mol. The van der Waals surface area contributed by atoms with Gasteiger partial charge in [0, 0.05) is 39.1 Å². The van der Waals surface area contributed by atoms with E-state index in [-0.39, 0.29) is 31.3 Å². The van der Waals surface area contributed by atoms with E-state index in [9.17, 15) is 22.8 Å². The average molecular weight is 423 g/mol. The summed E-state index contributed by atoms with van der Waals surface area (Å²) >= 11 is 0. The van der Waals surface area contributed by atoms with Crippen molar-refractivity contribution in [2.45, 2.75) is 19.8 Å². The number of nitrogens with one attached hydrogen (secondary N) is 2. The van der Waals surface area contributed by atoms with E-state index in [1.165, 1.54) is 0 Å². The van der Waals surface area contributed by atoms with E-state index in [1.54, 1.807) is 9.80 Å². The van der Waals surface area contributed by atoms with E-state index in [0.717, 1.165) is 31.6 Å². The zero-order valence-electron chi connectivity index (χ0n) is 15.8. The van der Waals surface area contributed by atoms with Crippen LogP contribution in [0, 0.1) is 17.5 Å². The highest BCUT2D eigenvalue weighted by atomic mass is 35.5. The second-order valence-electron chi connectivity index (χ2n) is 6.43. The van der Waals surface area contributed by atoms with Crippen LogP contribution in [0.1, 0.15) is 19.8 Å². The number of nitrogens with zero attached hydrogens (tertiary/aromatic N) is 2. The van der Waals surface area contributed by atoms with Gasteiger partial charge in [0.2, 0.25) is 11.8 Å². The Bertz CT molecular complexity index is 672. The van der Waals surface area contributed by atoms with Crippen LogP contribution in [-0.2, 0) is 9.59 Å². The summed E-state index contributed by atoms with van der Waals surface area (Å²) in [5, 5.41) is 5.43. The zero-order valence-corrected chi connectivity index (χ0v) is 16.6. The van der Waals surface area contributed by atoms with Gasteiger partial charge < -0.3 is 15.5 Å². The van der Waals surface area contributed by atoms with Crippen LogP contribution in [0.25, 0.3) is 0 Å². The smallest absolute Gasteiger partial charge is 0.238 e. The molecule has 0 radical (unpaired) electrons. The van der Waals surface area contributed by atoms with Crippen molar-refractivity contribution in [3.63, 3.8) is 0 Å². The van der Waals surface area contributed by atoms with Gasteiger partial charge in [-0.1, -0.05) is 6.92 Å². The van der Waals surface area contributed by atoms with Crippen LogP contribution < -0.4 is 10.6 Å². The summed E-state index contributed by atoms with van der Waals surface area (Å²) < 4.78 is 39.9. The Labute approximate surface area is 168 Å². The third-order valence-electron chi connectivity index (χ3n) is 4.33. The fourth-order valence-corrected chi connectivity index (χ4v) is 2.93. The molecular formula is C18H26ClF3N4O2. The van der Waals surface area contributed by atoms with E-state index in [1.807, 2.05) is 6.92 Å². The van der Waals surface area contributed by atoms with Gasteiger partial charge in [-0.3, -0.25) is 14.5 Å². The fourth-order valence-electron chi connectivity index (χ4n) is 2.93. The summed E-state index contributed by atoms with van der Waals surface area (Å²) in [7, 11) is 0. The van der Waals surface area contributed by atoms with Crippen LogP contribution in [0.4, 0.5) is 18.9 Å². The van der Waals surface area contributed by atoms with E-state index in [4.69, 9.17) is 0 Å². The number of hydrogen-bond acceptors (Lipinski definition) is 4. The van der Waals surface area contributed by atoms with Crippen molar-refractivity contribution >= 4 is 29.9 Å². The molecule has 158 valence electrons. The number of halogens is 4. The molecule has 1 aliphatic heterocycles. The van der Waals surface area contributed by atoms with Gasteiger partial charge >= 0.3 is 0 Å². The number of piperazine rings is 1. The second kappa shape index (κ2) is 11.9. The Hall–Kier alpha value is -1.84. The molecule has 0 spiro atoms. The van der Waals surface area contributed by atoms with Crippen LogP contribution in [-0.4, -0.2) is 67.4 Å². The molecule has 0 unspecified atom stereocenters. The van der Waals surface area contributed by atoms with Crippen molar-refractivity contribution < 1.29 is 22.8 Å². The lowest BCUT2D eigenvalue weighted by Crippen LogP contribution is -2.47. The highest BCUT2D eigenvalue weighted by Crippen LogP contribution is 2.19. The standard InChI is InChI=1S/C18H25F3N4O2.ClH/c1-2-8-24(9-5-16(27)25-10-6-22-7-11-25)12-15(26)23-14-4-3-13(19)17(20)18(14)21;/h3-4,22H,2,5-12H2,1H3,(H,23,26);1H. The predicted molar refractivity (Wildman–Crippen MR) is 103 cm³/mol. The normalized spacial score (nSPS) is 14.0. The summed E-state index contributed by atoms with van der Waals surface area (Å²) in [4.78, 5) is 28.0. The van der Waals surface area contributed by atoms with Crippen molar-refractivity contribution in [1.82, 2.24) is 15.1 Å². The second-order valence-corrected chi connectivity index (χ2v) is 6.43. The Kier molecular flexibility index (Phi) is 10.3. The first-order chi connectivity index (χ1) is 12.9. The summed E-state index contributed by atoms with van der Waals surface area (Å²) in [6, 6.07) is 1.73. The highest BCUT2D eigenvalue weighted by Gasteiger charge is 2.19. The van der Waals surface area contributed by atoms with E-state index >= 15 is 0 Å². The molecule has 0 atom stereocenters. The maximum absolute atomic E-state index is 13.7.